The number of hydrogen-bond acceptors (Lipinski definition) is 3. The highest BCUT2D eigenvalue weighted by molar-refractivity contribution is 5.93. The number of para-hydroxylation sites is 1. The molecule has 20 heavy (non-hydrogen) atoms. The number of hydrogen-bond donors (Lipinski definition) is 1. The molecule has 5 nitrogen and oxygen atoms in total. The molecule has 0 atom stereocenters. The summed E-state index contributed by atoms with van der Waals surface area (Å²) in [5.41, 5.74) is 0.970. The van der Waals surface area contributed by atoms with E-state index < -0.39 is 0 Å². The molecule has 104 valence electrons. The molecule has 1 N–H and O–H groups in total. The van der Waals surface area contributed by atoms with Crippen LogP contribution in [0.2, 0.25) is 0 Å². The lowest BCUT2D eigenvalue weighted by molar-refractivity contribution is -0.133. The van der Waals surface area contributed by atoms with Crippen LogP contribution in [0.1, 0.15) is 12.5 Å². The van der Waals surface area contributed by atoms with E-state index in [0.717, 1.165) is 11.3 Å². The van der Waals surface area contributed by atoms with Gasteiger partial charge in [0.25, 0.3) is 11.8 Å². The summed E-state index contributed by atoms with van der Waals surface area (Å²) in [4.78, 5) is 24.8. The number of fused-ring (bicyclic) bond motifs is 1. The summed E-state index contributed by atoms with van der Waals surface area (Å²) in [6, 6.07) is 7.57. The predicted octanol–water partition coefficient (Wildman–Crippen LogP) is 0.547. The fraction of sp³-hybridized carbons (Fsp3) is 0.333. The molecule has 1 heterocycles. The minimum absolute atomic E-state index is 0.0275. The molecular formula is C15H16N2O3. The Labute approximate surface area is 117 Å². The molecule has 0 spiro atoms. The average Bonchev–Trinajstić information content (AvgIpc) is 2.60. The van der Waals surface area contributed by atoms with Gasteiger partial charge in [-0.1, -0.05) is 24.1 Å². The second kappa shape index (κ2) is 6.62. The third-order valence-electron chi connectivity index (χ3n) is 2.94. The van der Waals surface area contributed by atoms with Crippen LogP contribution >= 0.6 is 0 Å². The maximum Gasteiger partial charge on any atom is 0.295 e. The van der Waals surface area contributed by atoms with Gasteiger partial charge >= 0.3 is 0 Å². The van der Waals surface area contributed by atoms with E-state index in [4.69, 9.17) is 4.74 Å². The third kappa shape index (κ3) is 3.51. The van der Waals surface area contributed by atoms with Gasteiger partial charge in [0.1, 0.15) is 5.75 Å². The highest BCUT2D eigenvalue weighted by Crippen LogP contribution is 2.22. The van der Waals surface area contributed by atoms with Crippen molar-refractivity contribution in [1.29, 1.82) is 0 Å². The molecule has 0 unspecified atom stereocenters. The predicted molar refractivity (Wildman–Crippen MR) is 73.8 cm³/mol. The molecule has 5 heteroatoms. The largest absolute Gasteiger partial charge is 0.483 e. The zero-order chi connectivity index (χ0) is 14.4. The first-order valence-corrected chi connectivity index (χ1v) is 6.40. The Bertz CT molecular complexity index is 572. The van der Waals surface area contributed by atoms with Crippen LogP contribution in [0.15, 0.2) is 24.3 Å². The van der Waals surface area contributed by atoms with Crippen LogP contribution in [-0.4, -0.2) is 36.4 Å². The van der Waals surface area contributed by atoms with Crippen LogP contribution in [0.25, 0.3) is 0 Å². The normalized spacial score (nSPS) is 13.4. The van der Waals surface area contributed by atoms with E-state index in [0.29, 0.717) is 19.6 Å². The van der Waals surface area contributed by atoms with Crippen molar-refractivity contribution in [3.05, 3.63) is 29.8 Å². The van der Waals surface area contributed by atoms with E-state index in [1.165, 1.54) is 0 Å². The Morgan fingerprint density at radius 3 is 3.05 bits per heavy atom. The van der Waals surface area contributed by atoms with Gasteiger partial charge < -0.3 is 15.0 Å². The van der Waals surface area contributed by atoms with Gasteiger partial charge in [-0.2, -0.15) is 0 Å². The number of amides is 2. The number of nitrogens with one attached hydrogen (secondary N) is 1. The van der Waals surface area contributed by atoms with E-state index in [1.54, 1.807) is 11.8 Å². The molecular weight excluding hydrogens is 256 g/mol. The molecule has 1 aromatic rings. The van der Waals surface area contributed by atoms with Gasteiger partial charge in [-0.3, -0.25) is 9.59 Å². The zero-order valence-electron chi connectivity index (χ0n) is 11.3. The Morgan fingerprint density at radius 1 is 1.45 bits per heavy atom. The lowest BCUT2D eigenvalue weighted by atomic mass is 10.2. The molecule has 0 bridgehead atoms. The first kappa shape index (κ1) is 13.9. The first-order valence-electron chi connectivity index (χ1n) is 6.40. The van der Waals surface area contributed by atoms with Crippen molar-refractivity contribution in [3.8, 4) is 17.6 Å². The zero-order valence-corrected chi connectivity index (χ0v) is 11.3. The summed E-state index contributed by atoms with van der Waals surface area (Å²) in [6.07, 6.45) is 0. The van der Waals surface area contributed by atoms with Crippen molar-refractivity contribution in [2.75, 3.05) is 19.7 Å². The van der Waals surface area contributed by atoms with Crippen molar-refractivity contribution in [2.24, 2.45) is 0 Å². The molecule has 0 fully saturated rings. The van der Waals surface area contributed by atoms with Gasteiger partial charge in [-0.25, -0.2) is 0 Å². The van der Waals surface area contributed by atoms with Crippen LogP contribution in [0.5, 0.6) is 5.75 Å². The summed E-state index contributed by atoms with van der Waals surface area (Å²) in [6.45, 7) is 2.94. The minimum Gasteiger partial charge on any atom is -0.483 e. The van der Waals surface area contributed by atoms with Crippen LogP contribution in [-0.2, 0) is 16.1 Å². The maximum atomic E-state index is 11.9. The van der Waals surface area contributed by atoms with Crippen molar-refractivity contribution >= 4 is 11.8 Å². The standard InChI is InChI=1S/C15H16N2O3/c1-2-5-14(18)16-8-9-17-10-12-6-3-4-7-13(12)20-11-15(17)19/h3-4,6-7H,8-11H2,1H3,(H,16,18). The molecule has 2 amide bonds. The van der Waals surface area contributed by atoms with Crippen molar-refractivity contribution in [2.45, 2.75) is 13.5 Å². The maximum absolute atomic E-state index is 11.9. The van der Waals surface area contributed by atoms with E-state index in [-0.39, 0.29) is 18.4 Å². The van der Waals surface area contributed by atoms with Gasteiger partial charge in [0.2, 0.25) is 0 Å². The third-order valence-corrected chi connectivity index (χ3v) is 2.94. The minimum atomic E-state index is -0.327. The van der Waals surface area contributed by atoms with Gasteiger partial charge in [0.15, 0.2) is 6.61 Å². The number of ether oxygens (including phenoxy) is 1. The second-order valence-electron chi connectivity index (χ2n) is 4.34. The molecule has 0 radical (unpaired) electrons. The average molecular weight is 272 g/mol. The fourth-order valence-electron chi connectivity index (χ4n) is 1.97. The van der Waals surface area contributed by atoms with Crippen molar-refractivity contribution < 1.29 is 14.3 Å². The number of carbonyl (C=O) groups excluding carboxylic acids is 2. The number of nitrogens with zero attached hydrogens (tertiary/aromatic N) is 1. The number of carbonyl (C=O) groups is 2. The van der Waals surface area contributed by atoms with Crippen LogP contribution in [0, 0.1) is 11.8 Å². The highest BCUT2D eigenvalue weighted by Gasteiger charge is 2.20. The topological polar surface area (TPSA) is 58.6 Å². The fourth-order valence-corrected chi connectivity index (χ4v) is 1.97. The molecule has 2 rings (SSSR count). The lowest BCUT2D eigenvalue weighted by Crippen LogP contribution is -2.38. The molecule has 0 saturated heterocycles. The van der Waals surface area contributed by atoms with Crippen LogP contribution in [0.3, 0.4) is 0 Å². The van der Waals surface area contributed by atoms with Crippen molar-refractivity contribution in [1.82, 2.24) is 10.2 Å². The smallest absolute Gasteiger partial charge is 0.295 e. The molecule has 1 aromatic carbocycles. The molecule has 1 aliphatic heterocycles. The van der Waals surface area contributed by atoms with Crippen molar-refractivity contribution in [3.63, 3.8) is 0 Å². The summed E-state index contributed by atoms with van der Waals surface area (Å²) in [5, 5.41) is 2.65. The Balaban J connectivity index is 1.95. The molecule has 1 aliphatic rings. The summed E-state index contributed by atoms with van der Waals surface area (Å²) in [5.74, 6) is 5.25. The van der Waals surface area contributed by atoms with E-state index in [1.807, 2.05) is 24.3 Å². The van der Waals surface area contributed by atoms with E-state index in [2.05, 4.69) is 17.2 Å². The molecule has 0 aromatic heterocycles. The summed E-state index contributed by atoms with van der Waals surface area (Å²) >= 11 is 0. The van der Waals surface area contributed by atoms with Gasteiger partial charge in [0.05, 0.1) is 0 Å². The van der Waals surface area contributed by atoms with Gasteiger partial charge in [-0.15, -0.1) is 0 Å². The number of rotatable bonds is 3. The summed E-state index contributed by atoms with van der Waals surface area (Å²) in [7, 11) is 0. The lowest BCUT2D eigenvalue weighted by Gasteiger charge is -2.19. The van der Waals surface area contributed by atoms with E-state index >= 15 is 0 Å². The van der Waals surface area contributed by atoms with E-state index in [9.17, 15) is 9.59 Å². The summed E-state index contributed by atoms with van der Waals surface area (Å²) < 4.78 is 5.46. The Kier molecular flexibility index (Phi) is 4.61. The molecule has 0 aliphatic carbocycles. The highest BCUT2D eigenvalue weighted by atomic mass is 16.5. The number of benzene rings is 1. The van der Waals surface area contributed by atoms with Gasteiger partial charge in [0, 0.05) is 25.2 Å². The molecule has 0 saturated carbocycles. The second-order valence-corrected chi connectivity index (χ2v) is 4.34. The SMILES string of the molecule is CC#CC(=O)NCCN1Cc2ccccc2OCC1=O. The Hall–Kier alpha value is -2.48. The quantitative estimate of drug-likeness (QED) is 0.817. The van der Waals surface area contributed by atoms with Crippen LogP contribution in [0.4, 0.5) is 0 Å². The monoisotopic (exact) mass is 272 g/mol. The van der Waals surface area contributed by atoms with Crippen LogP contribution < -0.4 is 10.1 Å². The first-order chi connectivity index (χ1) is 9.70. The Morgan fingerprint density at radius 2 is 2.25 bits per heavy atom. The van der Waals surface area contributed by atoms with Gasteiger partial charge in [-0.05, 0) is 18.9 Å².